The number of aromatic nitrogens is 2. The number of ether oxygens (including phenoxy) is 4. The first-order chi connectivity index (χ1) is 20.0. The summed E-state index contributed by atoms with van der Waals surface area (Å²) in [6, 6.07) is 11.0. The highest BCUT2D eigenvalue weighted by Gasteiger charge is 2.40. The van der Waals surface area contributed by atoms with Gasteiger partial charge < -0.3 is 28.4 Å². The van der Waals surface area contributed by atoms with Crippen LogP contribution in [0, 0.1) is 5.41 Å². The van der Waals surface area contributed by atoms with Gasteiger partial charge in [0.2, 0.25) is 5.89 Å². The molecule has 1 aliphatic rings. The van der Waals surface area contributed by atoms with Gasteiger partial charge in [-0.25, -0.2) is 0 Å². The second-order valence-corrected chi connectivity index (χ2v) is 11.8. The van der Waals surface area contributed by atoms with Gasteiger partial charge in [0.05, 0.1) is 21.3 Å². The van der Waals surface area contributed by atoms with Crippen molar-refractivity contribution in [1.82, 2.24) is 10.1 Å². The molecule has 10 nitrogen and oxygen atoms in total. The summed E-state index contributed by atoms with van der Waals surface area (Å²) in [4.78, 5) is 31.9. The van der Waals surface area contributed by atoms with Gasteiger partial charge in [0.1, 0.15) is 12.2 Å². The number of hydrogen-bond donors (Lipinski definition) is 0. The lowest BCUT2D eigenvalue weighted by Crippen LogP contribution is -2.44. The zero-order valence-corrected chi connectivity index (χ0v) is 25.7. The van der Waals surface area contributed by atoms with E-state index in [0.29, 0.717) is 71.7 Å². The molecule has 0 unspecified atom stereocenters. The molecule has 0 radical (unpaired) electrons. The van der Waals surface area contributed by atoms with Gasteiger partial charge in [-0.1, -0.05) is 49.7 Å². The van der Waals surface area contributed by atoms with Crippen LogP contribution in [0.15, 0.2) is 40.9 Å². The van der Waals surface area contributed by atoms with E-state index < -0.39 is 12.2 Å². The van der Waals surface area contributed by atoms with Crippen LogP contribution in [0.3, 0.4) is 0 Å². The summed E-state index contributed by atoms with van der Waals surface area (Å²) >= 11 is 6.51. The van der Waals surface area contributed by atoms with Crippen molar-refractivity contribution >= 4 is 29.2 Å². The van der Waals surface area contributed by atoms with Gasteiger partial charge in [-0.2, -0.15) is 4.98 Å². The van der Waals surface area contributed by atoms with Gasteiger partial charge in [-0.05, 0) is 42.5 Å². The number of nitrogens with zero attached hydrogens (tertiary/aromatic N) is 3. The molecule has 4 rings (SSSR count). The molecule has 0 aliphatic carbocycles. The van der Waals surface area contributed by atoms with Gasteiger partial charge >= 0.3 is 5.97 Å². The lowest BCUT2D eigenvalue weighted by atomic mass is 9.94. The topological polar surface area (TPSA) is 113 Å². The summed E-state index contributed by atoms with van der Waals surface area (Å²) in [6.07, 6.45) is 0.592. The van der Waals surface area contributed by atoms with Crippen LogP contribution in [0.1, 0.15) is 69.0 Å². The first kappa shape index (κ1) is 31.3. The van der Waals surface area contributed by atoms with Crippen LogP contribution in [0.5, 0.6) is 11.5 Å². The number of anilines is 1. The Balaban J connectivity index is 1.71. The Kier molecular flexibility index (Phi) is 10.1. The van der Waals surface area contributed by atoms with E-state index in [2.05, 4.69) is 35.6 Å². The van der Waals surface area contributed by atoms with Gasteiger partial charge in [-0.3, -0.25) is 9.59 Å². The molecule has 2 heterocycles. The van der Waals surface area contributed by atoms with Crippen LogP contribution in [0.2, 0.25) is 5.02 Å². The molecule has 3 aromatic rings. The van der Waals surface area contributed by atoms with E-state index in [-0.39, 0.29) is 23.7 Å². The predicted molar refractivity (Wildman–Crippen MR) is 157 cm³/mol. The van der Waals surface area contributed by atoms with Gasteiger partial charge in [0.25, 0.3) is 5.91 Å². The molecule has 11 heteroatoms. The molecule has 0 spiro atoms. The first-order valence-corrected chi connectivity index (χ1v) is 14.3. The number of unbranched alkanes of at least 4 members (excludes halogenated alkanes) is 1. The van der Waals surface area contributed by atoms with Crippen molar-refractivity contribution in [3.63, 3.8) is 0 Å². The van der Waals surface area contributed by atoms with Gasteiger partial charge in [0, 0.05) is 47.6 Å². The molecule has 226 valence electrons. The minimum atomic E-state index is -0.941. The minimum Gasteiger partial charge on any atom is -0.493 e. The average molecular weight is 600 g/mol. The molecule has 2 atom stereocenters. The molecule has 0 saturated heterocycles. The molecule has 42 heavy (non-hydrogen) atoms. The largest absolute Gasteiger partial charge is 0.493 e. The van der Waals surface area contributed by atoms with Crippen molar-refractivity contribution in [2.45, 2.75) is 65.1 Å². The lowest BCUT2D eigenvalue weighted by Gasteiger charge is -2.31. The van der Waals surface area contributed by atoms with Crippen molar-refractivity contribution in [3.05, 3.63) is 64.3 Å². The first-order valence-electron chi connectivity index (χ1n) is 13.9. The fourth-order valence-electron chi connectivity index (χ4n) is 4.99. The number of carbonyl (C=O) groups excluding carboxylic acids is 2. The lowest BCUT2D eigenvalue weighted by molar-refractivity contribution is -0.140. The predicted octanol–water partition coefficient (Wildman–Crippen LogP) is 5.74. The number of esters is 1. The molecular weight excluding hydrogens is 562 g/mol. The smallest absolute Gasteiger partial charge is 0.305 e. The van der Waals surface area contributed by atoms with Crippen molar-refractivity contribution < 1.29 is 33.1 Å². The van der Waals surface area contributed by atoms with Crippen molar-refractivity contribution in [2.75, 3.05) is 32.8 Å². The third kappa shape index (κ3) is 7.41. The number of para-hydroxylation sites is 1. The quantitative estimate of drug-likeness (QED) is 0.201. The number of amides is 1. The molecular formula is C31H38ClN3O7. The van der Waals surface area contributed by atoms with Crippen LogP contribution >= 0.6 is 11.6 Å². The second-order valence-electron chi connectivity index (χ2n) is 11.4. The Morgan fingerprint density at radius 3 is 2.55 bits per heavy atom. The van der Waals surface area contributed by atoms with E-state index in [1.165, 1.54) is 7.11 Å². The fourth-order valence-corrected chi connectivity index (χ4v) is 5.17. The Labute approximate surface area is 251 Å². The number of aryl methyl sites for hydroxylation is 1. The fraction of sp³-hybridized carbons (Fsp3) is 0.484. The molecule has 0 fully saturated rings. The Morgan fingerprint density at radius 1 is 1.07 bits per heavy atom. The number of carbonyl (C=O) groups is 2. The Morgan fingerprint density at radius 2 is 1.86 bits per heavy atom. The zero-order valence-electron chi connectivity index (χ0n) is 24.9. The van der Waals surface area contributed by atoms with Crippen LogP contribution in [-0.2, 0) is 31.9 Å². The molecule has 0 saturated carbocycles. The maximum atomic E-state index is 14.2. The molecule has 0 bridgehead atoms. The summed E-state index contributed by atoms with van der Waals surface area (Å²) in [5, 5.41) is 4.65. The molecule has 1 amide bonds. The maximum Gasteiger partial charge on any atom is 0.305 e. The minimum absolute atomic E-state index is 0.0929. The van der Waals surface area contributed by atoms with Gasteiger partial charge in [0.15, 0.2) is 17.3 Å². The SMILES string of the molecule is COC(=O)CCCCc1nc(C[C@H]2O[C@H](c3cccc(OC)c3OC)c3cc(Cl)ccc3N(CC(C)(C)C)C2=O)no1. The zero-order chi connectivity index (χ0) is 30.4. The monoisotopic (exact) mass is 599 g/mol. The highest BCUT2D eigenvalue weighted by molar-refractivity contribution is 6.30. The van der Waals surface area contributed by atoms with Gasteiger partial charge in [-0.15, -0.1) is 0 Å². The number of rotatable bonds is 11. The molecule has 1 aliphatic heterocycles. The Bertz CT molecular complexity index is 1400. The maximum absolute atomic E-state index is 14.2. The molecule has 0 N–H and O–H groups in total. The van der Waals surface area contributed by atoms with E-state index in [0.717, 1.165) is 5.56 Å². The third-order valence-electron chi connectivity index (χ3n) is 6.88. The van der Waals surface area contributed by atoms with Crippen LogP contribution < -0.4 is 14.4 Å². The summed E-state index contributed by atoms with van der Waals surface area (Å²) in [6.45, 7) is 6.67. The standard InChI is InChI=1S/C31H38ClN3O7/c1-31(2,3)18-35-22-15-14-19(32)16-21(22)28(20-10-9-11-23(38-4)29(20)40-6)41-24(30(35)37)17-25-33-26(42-34-25)12-7-8-13-27(36)39-5/h9-11,14-16,24,28H,7-8,12-13,17-18H2,1-6H3/t24-,28-/m1/s1. The number of fused-ring (bicyclic) bond motifs is 1. The number of methoxy groups -OCH3 is 3. The summed E-state index contributed by atoms with van der Waals surface area (Å²) in [7, 11) is 4.51. The highest BCUT2D eigenvalue weighted by Crippen LogP contribution is 2.45. The van der Waals surface area contributed by atoms with E-state index in [9.17, 15) is 9.59 Å². The van der Waals surface area contributed by atoms with Crippen LogP contribution in [0.25, 0.3) is 0 Å². The number of halogens is 1. The number of benzene rings is 2. The van der Waals surface area contributed by atoms with Crippen molar-refractivity contribution in [3.8, 4) is 11.5 Å². The average Bonchev–Trinajstić information content (AvgIpc) is 3.38. The highest BCUT2D eigenvalue weighted by atomic mass is 35.5. The Hall–Kier alpha value is -3.63. The van der Waals surface area contributed by atoms with E-state index >= 15 is 0 Å². The van der Waals surface area contributed by atoms with E-state index in [1.54, 1.807) is 31.3 Å². The summed E-state index contributed by atoms with van der Waals surface area (Å²) in [5.41, 5.74) is 1.91. The number of hydrogen-bond acceptors (Lipinski definition) is 9. The van der Waals surface area contributed by atoms with Crippen molar-refractivity contribution in [2.24, 2.45) is 5.41 Å². The summed E-state index contributed by atoms with van der Waals surface area (Å²) < 4.78 is 28.1. The molecule has 1 aromatic heterocycles. The van der Waals surface area contributed by atoms with E-state index in [4.69, 9.17) is 30.3 Å². The molecule has 2 aromatic carbocycles. The van der Waals surface area contributed by atoms with Crippen LogP contribution in [0.4, 0.5) is 5.69 Å². The van der Waals surface area contributed by atoms with E-state index in [1.807, 2.05) is 24.3 Å². The second kappa shape index (κ2) is 13.6. The normalized spacial score (nSPS) is 17.0. The third-order valence-corrected chi connectivity index (χ3v) is 7.12. The van der Waals surface area contributed by atoms with Crippen LogP contribution in [-0.4, -0.2) is 56.0 Å². The van der Waals surface area contributed by atoms with Crippen molar-refractivity contribution in [1.29, 1.82) is 0 Å². The summed E-state index contributed by atoms with van der Waals surface area (Å²) in [5.74, 6) is 1.35.